The summed E-state index contributed by atoms with van der Waals surface area (Å²) in [7, 11) is 1.90. The molecule has 0 aromatic heterocycles. The van der Waals surface area contributed by atoms with Crippen LogP contribution in [0.5, 0.6) is 0 Å². The van der Waals surface area contributed by atoms with Gasteiger partial charge in [-0.2, -0.15) is 0 Å². The molecule has 11 heavy (non-hydrogen) atoms. The van der Waals surface area contributed by atoms with Gasteiger partial charge in [0.1, 0.15) is 0 Å². The molecular formula is C10H19N. The molecule has 64 valence electrons. The van der Waals surface area contributed by atoms with Gasteiger partial charge in [0.2, 0.25) is 0 Å². The summed E-state index contributed by atoms with van der Waals surface area (Å²) in [5.74, 6) is 0. The molecule has 0 aliphatic heterocycles. The van der Waals surface area contributed by atoms with Crippen molar-refractivity contribution in [3.05, 3.63) is 24.4 Å². The van der Waals surface area contributed by atoms with Crippen molar-refractivity contribution in [3.8, 4) is 0 Å². The zero-order valence-electron chi connectivity index (χ0n) is 7.69. The largest absolute Gasteiger partial charge is 0.392 e. The fourth-order valence-electron chi connectivity index (χ4n) is 0.767. The highest BCUT2D eigenvalue weighted by Gasteiger charge is 1.82. The summed E-state index contributed by atoms with van der Waals surface area (Å²) in [6.07, 6.45) is 9.13. The Morgan fingerprint density at radius 3 is 2.73 bits per heavy atom. The molecule has 1 N–H and O–H groups in total. The van der Waals surface area contributed by atoms with Crippen LogP contribution in [0.2, 0.25) is 0 Å². The highest BCUT2D eigenvalue weighted by molar-refractivity contribution is 4.99. The van der Waals surface area contributed by atoms with Crippen molar-refractivity contribution >= 4 is 0 Å². The monoisotopic (exact) mass is 153 g/mol. The average molecular weight is 153 g/mol. The molecule has 0 heterocycles. The predicted molar refractivity (Wildman–Crippen MR) is 51.5 cm³/mol. The second-order valence-electron chi connectivity index (χ2n) is 2.67. The van der Waals surface area contributed by atoms with Gasteiger partial charge >= 0.3 is 0 Å². The summed E-state index contributed by atoms with van der Waals surface area (Å²) in [6, 6.07) is 0. The first-order valence-corrected chi connectivity index (χ1v) is 4.31. The highest BCUT2D eigenvalue weighted by Crippen LogP contribution is 1.98. The molecule has 0 aliphatic rings. The topological polar surface area (TPSA) is 12.0 Å². The van der Waals surface area contributed by atoms with Crippen LogP contribution in [0.15, 0.2) is 24.4 Å². The van der Waals surface area contributed by atoms with Crippen molar-refractivity contribution in [1.29, 1.82) is 0 Å². The maximum Gasteiger partial charge on any atom is 0.00693 e. The summed E-state index contributed by atoms with van der Waals surface area (Å²) in [5.41, 5.74) is 1.08. The number of rotatable bonds is 6. The molecule has 0 aromatic rings. The Morgan fingerprint density at radius 2 is 2.18 bits per heavy atom. The second-order valence-corrected chi connectivity index (χ2v) is 2.67. The van der Waals surface area contributed by atoms with Crippen molar-refractivity contribution in [2.24, 2.45) is 0 Å². The van der Waals surface area contributed by atoms with Gasteiger partial charge in [0.25, 0.3) is 0 Å². The Labute approximate surface area is 70.2 Å². The van der Waals surface area contributed by atoms with E-state index in [0.29, 0.717) is 0 Å². The van der Waals surface area contributed by atoms with Crippen molar-refractivity contribution in [2.75, 3.05) is 7.05 Å². The Morgan fingerprint density at radius 1 is 1.45 bits per heavy atom. The summed E-state index contributed by atoms with van der Waals surface area (Å²) in [5, 5.41) is 3.01. The standard InChI is InChI=1S/C10H19N/c1-4-5-6-7-8-9-10(2)11-3/h7-8,11H,2,4-6,9H2,1,3H3/b8-7+. The fourth-order valence-corrected chi connectivity index (χ4v) is 0.767. The zero-order valence-corrected chi connectivity index (χ0v) is 7.69. The van der Waals surface area contributed by atoms with E-state index in [1.54, 1.807) is 0 Å². The van der Waals surface area contributed by atoms with Gasteiger partial charge in [-0.05, 0) is 6.42 Å². The molecule has 0 amide bonds. The van der Waals surface area contributed by atoms with Crippen LogP contribution < -0.4 is 5.32 Å². The second kappa shape index (κ2) is 7.39. The third kappa shape index (κ3) is 7.17. The lowest BCUT2D eigenvalue weighted by Gasteiger charge is -1.98. The van der Waals surface area contributed by atoms with Crippen LogP contribution in [0.1, 0.15) is 32.6 Å². The minimum absolute atomic E-state index is 0.959. The van der Waals surface area contributed by atoms with Crippen LogP contribution in [-0.2, 0) is 0 Å². The van der Waals surface area contributed by atoms with E-state index < -0.39 is 0 Å². The van der Waals surface area contributed by atoms with Crippen molar-refractivity contribution in [2.45, 2.75) is 32.6 Å². The maximum absolute atomic E-state index is 3.83. The van der Waals surface area contributed by atoms with E-state index >= 15 is 0 Å². The van der Waals surface area contributed by atoms with Gasteiger partial charge in [-0.25, -0.2) is 0 Å². The number of nitrogens with one attached hydrogen (secondary N) is 1. The first-order chi connectivity index (χ1) is 5.31. The number of allylic oxidation sites excluding steroid dienone is 2. The molecule has 0 atom stereocenters. The van der Waals surface area contributed by atoms with Crippen molar-refractivity contribution in [3.63, 3.8) is 0 Å². The van der Waals surface area contributed by atoms with Gasteiger partial charge in [-0.1, -0.05) is 38.5 Å². The van der Waals surface area contributed by atoms with Crippen LogP contribution in [0, 0.1) is 0 Å². The SMILES string of the molecule is C=C(C/C=C/CCCC)NC. The van der Waals surface area contributed by atoms with Crippen LogP contribution in [0.25, 0.3) is 0 Å². The average Bonchev–Trinajstić information content (AvgIpc) is 2.04. The molecule has 0 bridgehead atoms. The normalized spacial score (nSPS) is 10.4. The molecule has 0 saturated heterocycles. The van der Waals surface area contributed by atoms with Crippen LogP contribution in [0.4, 0.5) is 0 Å². The van der Waals surface area contributed by atoms with Crippen molar-refractivity contribution < 1.29 is 0 Å². The molecule has 0 radical (unpaired) electrons. The lowest BCUT2D eigenvalue weighted by molar-refractivity contribution is 0.812. The molecular weight excluding hydrogens is 134 g/mol. The summed E-state index contributed by atoms with van der Waals surface area (Å²) < 4.78 is 0. The van der Waals surface area contributed by atoms with E-state index in [9.17, 15) is 0 Å². The third-order valence-electron chi connectivity index (χ3n) is 1.61. The van der Waals surface area contributed by atoms with Gasteiger partial charge in [0.15, 0.2) is 0 Å². The molecule has 0 saturated carbocycles. The number of hydrogen-bond donors (Lipinski definition) is 1. The van der Waals surface area contributed by atoms with Crippen molar-refractivity contribution in [1.82, 2.24) is 5.32 Å². The maximum atomic E-state index is 3.83. The first-order valence-electron chi connectivity index (χ1n) is 4.31. The minimum atomic E-state index is 0.959. The van der Waals surface area contributed by atoms with E-state index in [2.05, 4.69) is 31.0 Å². The molecule has 1 nitrogen and oxygen atoms in total. The van der Waals surface area contributed by atoms with Crippen LogP contribution in [0.3, 0.4) is 0 Å². The lowest BCUT2D eigenvalue weighted by Crippen LogP contribution is -2.02. The smallest absolute Gasteiger partial charge is 0.00693 e. The summed E-state index contributed by atoms with van der Waals surface area (Å²) in [6.45, 7) is 6.04. The minimum Gasteiger partial charge on any atom is -0.392 e. The van der Waals surface area contributed by atoms with Crippen LogP contribution >= 0.6 is 0 Å². The molecule has 0 aromatic carbocycles. The number of unbranched alkanes of at least 4 members (excludes halogenated alkanes) is 2. The summed E-state index contributed by atoms with van der Waals surface area (Å²) in [4.78, 5) is 0. The van der Waals surface area contributed by atoms with E-state index in [1.807, 2.05) is 7.05 Å². The van der Waals surface area contributed by atoms with E-state index in [-0.39, 0.29) is 0 Å². The Balaban J connectivity index is 3.22. The number of hydrogen-bond acceptors (Lipinski definition) is 1. The molecule has 0 fully saturated rings. The first kappa shape index (κ1) is 10.3. The van der Waals surface area contributed by atoms with Gasteiger partial charge in [0, 0.05) is 19.2 Å². The van der Waals surface area contributed by atoms with Gasteiger partial charge in [0.05, 0.1) is 0 Å². The highest BCUT2D eigenvalue weighted by atomic mass is 14.8. The van der Waals surface area contributed by atoms with E-state index in [0.717, 1.165) is 12.1 Å². The van der Waals surface area contributed by atoms with Crippen LogP contribution in [-0.4, -0.2) is 7.05 Å². The third-order valence-corrected chi connectivity index (χ3v) is 1.61. The molecule has 1 heteroatoms. The Bertz CT molecular complexity index is 125. The van der Waals surface area contributed by atoms with Gasteiger partial charge in [-0.3, -0.25) is 0 Å². The van der Waals surface area contributed by atoms with E-state index in [4.69, 9.17) is 0 Å². The Kier molecular flexibility index (Phi) is 6.90. The molecule has 0 rings (SSSR count). The fraction of sp³-hybridized carbons (Fsp3) is 0.600. The zero-order chi connectivity index (χ0) is 8.53. The summed E-state index contributed by atoms with van der Waals surface area (Å²) >= 11 is 0. The Hall–Kier alpha value is -0.720. The van der Waals surface area contributed by atoms with Gasteiger partial charge in [-0.15, -0.1) is 0 Å². The molecule has 0 aliphatic carbocycles. The predicted octanol–water partition coefficient (Wildman–Crippen LogP) is 2.86. The van der Waals surface area contributed by atoms with Gasteiger partial charge < -0.3 is 5.32 Å². The lowest BCUT2D eigenvalue weighted by atomic mass is 10.2. The molecule has 0 spiro atoms. The quantitative estimate of drug-likeness (QED) is 0.457. The molecule has 0 unspecified atom stereocenters. The van der Waals surface area contributed by atoms with E-state index in [1.165, 1.54) is 19.3 Å².